The first-order chi connectivity index (χ1) is 16.9. The lowest BCUT2D eigenvalue weighted by molar-refractivity contribution is 0.253. The van der Waals surface area contributed by atoms with Gasteiger partial charge in [0, 0.05) is 11.9 Å². The van der Waals surface area contributed by atoms with Crippen molar-refractivity contribution >= 4 is 38.4 Å². The lowest BCUT2D eigenvalue weighted by atomic mass is 10.2. The molecule has 176 valence electrons. The molecule has 9 nitrogen and oxygen atoms in total. The first kappa shape index (κ1) is 22.7. The van der Waals surface area contributed by atoms with E-state index in [-0.39, 0.29) is 12.1 Å². The summed E-state index contributed by atoms with van der Waals surface area (Å²) in [7, 11) is 1.76. The van der Waals surface area contributed by atoms with Crippen LogP contribution in [0.1, 0.15) is 28.9 Å². The van der Waals surface area contributed by atoms with Crippen molar-refractivity contribution in [2.45, 2.75) is 33.4 Å². The van der Waals surface area contributed by atoms with Crippen molar-refractivity contribution in [2.75, 3.05) is 12.4 Å². The van der Waals surface area contributed by atoms with Gasteiger partial charge in [-0.1, -0.05) is 24.1 Å². The molecule has 0 saturated carbocycles. The summed E-state index contributed by atoms with van der Waals surface area (Å²) < 4.78 is 3.32. The highest BCUT2D eigenvalue weighted by molar-refractivity contribution is 7.18. The second kappa shape index (κ2) is 8.94. The Hall–Kier alpha value is -4.07. The number of nitrogens with zero attached hydrogens (tertiary/aromatic N) is 6. The fourth-order valence-corrected chi connectivity index (χ4v) is 4.90. The average molecular weight is 486 g/mol. The predicted octanol–water partition coefficient (Wildman–Crippen LogP) is 3.03. The molecule has 4 aromatic heterocycles. The van der Waals surface area contributed by atoms with Gasteiger partial charge in [0.15, 0.2) is 5.65 Å². The van der Waals surface area contributed by atoms with Crippen LogP contribution in [0.3, 0.4) is 0 Å². The highest BCUT2D eigenvalue weighted by Crippen LogP contribution is 2.26. The van der Waals surface area contributed by atoms with Crippen LogP contribution in [-0.2, 0) is 6.54 Å². The van der Waals surface area contributed by atoms with Crippen LogP contribution in [0.15, 0.2) is 41.5 Å². The number of hydrogen-bond donors (Lipinski definition) is 2. The van der Waals surface area contributed by atoms with Gasteiger partial charge < -0.3 is 10.4 Å². The second-order valence-electron chi connectivity index (χ2n) is 8.15. The van der Waals surface area contributed by atoms with Crippen LogP contribution in [-0.4, -0.2) is 47.6 Å². The summed E-state index contributed by atoms with van der Waals surface area (Å²) in [6, 6.07) is 9.60. The number of thiophene rings is 1. The van der Waals surface area contributed by atoms with E-state index >= 15 is 0 Å². The molecule has 0 spiro atoms. The Bertz CT molecular complexity index is 1700. The standard InChI is InChI=1S/C25H23N7O2S/c1-14-7-5-6-8-19(14)32-20(29-24-17(25(32)34)11-16(3)35-24)12-31-23-21(22(26-4)27-13-28-23)18(30-31)10-9-15(2)33/h5-8,11,13,15,33H,12H2,1-4H3,(H,26,27,28)/t15-/m0/s1. The van der Waals surface area contributed by atoms with Crippen LogP contribution < -0.4 is 10.9 Å². The molecule has 1 aromatic carbocycles. The Morgan fingerprint density at radius 2 is 2.03 bits per heavy atom. The van der Waals surface area contributed by atoms with Gasteiger partial charge in [0.1, 0.15) is 41.1 Å². The smallest absolute Gasteiger partial charge is 0.266 e. The van der Waals surface area contributed by atoms with Gasteiger partial charge in [-0.25, -0.2) is 19.6 Å². The third-order valence-electron chi connectivity index (χ3n) is 5.57. The molecular weight excluding hydrogens is 462 g/mol. The zero-order chi connectivity index (χ0) is 24.7. The molecule has 35 heavy (non-hydrogen) atoms. The maximum absolute atomic E-state index is 13.7. The summed E-state index contributed by atoms with van der Waals surface area (Å²) in [5.74, 6) is 6.77. The van der Waals surface area contributed by atoms with Crippen LogP contribution in [0, 0.1) is 25.7 Å². The SMILES string of the molecule is CNc1ncnc2c1c(C#C[C@H](C)O)nn2Cc1nc2sc(C)cc2c(=O)n1-c1ccccc1C. The van der Waals surface area contributed by atoms with Crippen LogP contribution >= 0.6 is 11.3 Å². The topological polar surface area (TPSA) is 111 Å². The molecule has 0 radical (unpaired) electrons. The van der Waals surface area contributed by atoms with Crippen molar-refractivity contribution in [3.63, 3.8) is 0 Å². The van der Waals surface area contributed by atoms with E-state index in [4.69, 9.17) is 4.98 Å². The Morgan fingerprint density at radius 3 is 2.77 bits per heavy atom. The van der Waals surface area contributed by atoms with Crippen molar-refractivity contribution in [1.82, 2.24) is 29.3 Å². The number of aliphatic hydroxyl groups is 1. The summed E-state index contributed by atoms with van der Waals surface area (Å²) in [5.41, 5.74) is 2.58. The largest absolute Gasteiger partial charge is 0.381 e. The number of hydrogen-bond acceptors (Lipinski definition) is 8. The minimum absolute atomic E-state index is 0.125. The van der Waals surface area contributed by atoms with E-state index in [1.807, 2.05) is 44.2 Å². The molecule has 0 aliphatic carbocycles. The first-order valence-electron chi connectivity index (χ1n) is 11.0. The summed E-state index contributed by atoms with van der Waals surface area (Å²) >= 11 is 1.49. The first-order valence-corrected chi connectivity index (χ1v) is 11.9. The zero-order valence-corrected chi connectivity index (χ0v) is 20.5. The van der Waals surface area contributed by atoms with Gasteiger partial charge >= 0.3 is 0 Å². The number of aryl methyl sites for hydroxylation is 2. The van der Waals surface area contributed by atoms with Gasteiger partial charge in [0.2, 0.25) is 0 Å². The number of benzene rings is 1. The molecule has 0 aliphatic heterocycles. The third-order valence-corrected chi connectivity index (χ3v) is 6.52. The van der Waals surface area contributed by atoms with Crippen molar-refractivity contribution < 1.29 is 5.11 Å². The maximum Gasteiger partial charge on any atom is 0.266 e. The summed E-state index contributed by atoms with van der Waals surface area (Å²) in [6.07, 6.45) is 0.640. The molecule has 0 bridgehead atoms. The molecule has 5 rings (SSSR count). The summed E-state index contributed by atoms with van der Waals surface area (Å²) in [6.45, 7) is 5.70. The molecule has 0 saturated heterocycles. The molecule has 10 heteroatoms. The lowest BCUT2D eigenvalue weighted by Crippen LogP contribution is -2.25. The second-order valence-corrected chi connectivity index (χ2v) is 9.39. The van der Waals surface area contributed by atoms with Crippen molar-refractivity contribution in [3.8, 4) is 17.5 Å². The number of anilines is 1. The van der Waals surface area contributed by atoms with Crippen molar-refractivity contribution in [2.24, 2.45) is 0 Å². The zero-order valence-electron chi connectivity index (χ0n) is 19.7. The Morgan fingerprint density at radius 1 is 1.23 bits per heavy atom. The average Bonchev–Trinajstić information content (AvgIpc) is 3.38. The molecule has 1 atom stereocenters. The molecule has 0 aliphatic rings. The van der Waals surface area contributed by atoms with E-state index in [1.54, 1.807) is 23.2 Å². The lowest BCUT2D eigenvalue weighted by Gasteiger charge is -2.15. The van der Waals surface area contributed by atoms with Crippen molar-refractivity contribution in [3.05, 3.63) is 69.0 Å². The van der Waals surface area contributed by atoms with E-state index in [1.165, 1.54) is 17.7 Å². The molecule has 0 amide bonds. The van der Waals surface area contributed by atoms with Gasteiger partial charge in [-0.3, -0.25) is 9.36 Å². The molecule has 4 heterocycles. The van der Waals surface area contributed by atoms with Gasteiger partial charge in [-0.05, 0) is 44.4 Å². The number of rotatable bonds is 4. The van der Waals surface area contributed by atoms with E-state index in [9.17, 15) is 9.90 Å². The Labute approximate surface area is 205 Å². The Balaban J connectivity index is 1.77. The van der Waals surface area contributed by atoms with Gasteiger partial charge in [-0.15, -0.1) is 11.3 Å². The number of aromatic nitrogens is 6. The minimum atomic E-state index is -0.810. The van der Waals surface area contributed by atoms with Gasteiger partial charge in [0.25, 0.3) is 5.56 Å². The third kappa shape index (κ3) is 4.05. The number of aliphatic hydroxyl groups excluding tert-OH is 1. The fourth-order valence-electron chi connectivity index (χ4n) is 4.01. The monoisotopic (exact) mass is 485 g/mol. The summed E-state index contributed by atoms with van der Waals surface area (Å²) in [5, 5.41) is 18.6. The fraction of sp³-hybridized carbons (Fsp3) is 0.240. The van der Waals surface area contributed by atoms with Crippen LogP contribution in [0.4, 0.5) is 5.82 Å². The maximum atomic E-state index is 13.7. The summed E-state index contributed by atoms with van der Waals surface area (Å²) in [4.78, 5) is 29.0. The normalized spacial score (nSPS) is 12.0. The van der Waals surface area contributed by atoms with Crippen molar-refractivity contribution in [1.29, 1.82) is 0 Å². The van der Waals surface area contributed by atoms with Gasteiger partial charge in [0.05, 0.1) is 16.5 Å². The minimum Gasteiger partial charge on any atom is -0.381 e. The van der Waals surface area contributed by atoms with Crippen LogP contribution in [0.2, 0.25) is 0 Å². The molecule has 0 unspecified atom stereocenters. The number of fused-ring (bicyclic) bond motifs is 2. The van der Waals surface area contributed by atoms with E-state index in [2.05, 4.69) is 32.2 Å². The number of nitrogens with one attached hydrogen (secondary N) is 1. The highest BCUT2D eigenvalue weighted by atomic mass is 32.1. The molecule has 2 N–H and O–H groups in total. The number of para-hydroxylation sites is 1. The van der Waals surface area contributed by atoms with E-state index in [0.29, 0.717) is 38.6 Å². The quantitative estimate of drug-likeness (QED) is 0.377. The van der Waals surface area contributed by atoms with E-state index < -0.39 is 6.10 Å². The van der Waals surface area contributed by atoms with Crippen LogP contribution in [0.5, 0.6) is 0 Å². The molecular formula is C25H23N7O2S. The highest BCUT2D eigenvalue weighted by Gasteiger charge is 2.20. The molecule has 5 aromatic rings. The molecule has 0 fully saturated rings. The van der Waals surface area contributed by atoms with Crippen LogP contribution in [0.25, 0.3) is 26.9 Å². The predicted molar refractivity (Wildman–Crippen MR) is 137 cm³/mol. The Kier molecular flexibility index (Phi) is 5.80. The van der Waals surface area contributed by atoms with E-state index in [0.717, 1.165) is 16.1 Å². The van der Waals surface area contributed by atoms with Gasteiger partial charge in [-0.2, -0.15) is 5.10 Å².